The summed E-state index contributed by atoms with van der Waals surface area (Å²) in [5, 5.41) is 4.23. The van der Waals surface area contributed by atoms with E-state index in [1.165, 1.54) is 10.9 Å². The molecule has 0 saturated carbocycles. The number of carbonyl (C=O) groups is 2. The minimum atomic E-state index is -0.286. The Morgan fingerprint density at radius 1 is 1.24 bits per heavy atom. The first-order valence-corrected chi connectivity index (χ1v) is 8.98. The van der Waals surface area contributed by atoms with Crippen LogP contribution in [0.2, 0.25) is 0 Å². The zero-order valence-electron chi connectivity index (χ0n) is 14.5. The third-order valence-electron chi connectivity index (χ3n) is 4.83. The van der Waals surface area contributed by atoms with Crippen molar-refractivity contribution >= 4 is 22.8 Å². The number of amides is 3. The Morgan fingerprint density at radius 2 is 2.08 bits per heavy atom. The minimum absolute atomic E-state index is 0.0356. The van der Waals surface area contributed by atoms with Gasteiger partial charge in [0.2, 0.25) is 5.91 Å². The zero-order valence-corrected chi connectivity index (χ0v) is 14.5. The Kier molecular flexibility index (Phi) is 5.58. The molecule has 2 aromatic rings. The summed E-state index contributed by atoms with van der Waals surface area (Å²) in [5.74, 6) is -0.0885. The molecule has 0 aliphatic carbocycles. The lowest BCUT2D eigenvalue weighted by atomic mass is 9.95. The van der Waals surface area contributed by atoms with Gasteiger partial charge in [-0.1, -0.05) is 18.2 Å². The summed E-state index contributed by atoms with van der Waals surface area (Å²) in [5.41, 5.74) is 6.49. The predicted molar refractivity (Wildman–Crippen MR) is 98.1 cm³/mol. The number of para-hydroxylation sites is 1. The van der Waals surface area contributed by atoms with Gasteiger partial charge in [-0.15, -0.1) is 0 Å². The molecule has 1 atom stereocenters. The van der Waals surface area contributed by atoms with Crippen molar-refractivity contribution in [3.05, 3.63) is 36.5 Å². The first-order chi connectivity index (χ1) is 12.1. The molecular weight excluding hydrogens is 316 g/mol. The zero-order chi connectivity index (χ0) is 17.6. The van der Waals surface area contributed by atoms with Crippen molar-refractivity contribution in [2.24, 2.45) is 11.7 Å². The van der Waals surface area contributed by atoms with E-state index in [4.69, 9.17) is 5.73 Å². The fourth-order valence-corrected chi connectivity index (χ4v) is 3.59. The third-order valence-corrected chi connectivity index (χ3v) is 4.83. The van der Waals surface area contributed by atoms with E-state index in [9.17, 15) is 9.59 Å². The van der Waals surface area contributed by atoms with Crippen LogP contribution in [0.5, 0.6) is 0 Å². The molecule has 6 nitrogen and oxygen atoms in total. The number of benzene rings is 1. The van der Waals surface area contributed by atoms with Gasteiger partial charge >= 0.3 is 6.03 Å². The van der Waals surface area contributed by atoms with Crippen LogP contribution in [0.1, 0.15) is 25.7 Å². The largest absolute Gasteiger partial charge is 0.370 e. The average molecular weight is 342 g/mol. The van der Waals surface area contributed by atoms with E-state index >= 15 is 0 Å². The highest BCUT2D eigenvalue weighted by Crippen LogP contribution is 2.19. The number of primary amides is 1. The van der Waals surface area contributed by atoms with Crippen LogP contribution >= 0.6 is 0 Å². The van der Waals surface area contributed by atoms with Gasteiger partial charge in [0.15, 0.2) is 0 Å². The topological polar surface area (TPSA) is 80.4 Å². The molecule has 0 spiro atoms. The number of nitrogens with zero attached hydrogens (tertiary/aromatic N) is 2. The number of hydrogen-bond donors (Lipinski definition) is 2. The molecule has 3 amide bonds. The molecule has 134 valence electrons. The summed E-state index contributed by atoms with van der Waals surface area (Å²) >= 11 is 0. The van der Waals surface area contributed by atoms with E-state index in [1.807, 2.05) is 17.0 Å². The Balaban J connectivity index is 1.42. The van der Waals surface area contributed by atoms with Gasteiger partial charge < -0.3 is 20.5 Å². The van der Waals surface area contributed by atoms with Gasteiger partial charge in [-0.05, 0) is 42.7 Å². The molecule has 3 rings (SSSR count). The molecule has 1 aliphatic rings. The van der Waals surface area contributed by atoms with Crippen LogP contribution in [0.4, 0.5) is 4.79 Å². The summed E-state index contributed by atoms with van der Waals surface area (Å²) in [6, 6.07) is 10.4. The Hall–Kier alpha value is -2.50. The second-order valence-corrected chi connectivity index (χ2v) is 6.78. The molecule has 1 unspecified atom stereocenters. The van der Waals surface area contributed by atoms with E-state index < -0.39 is 0 Å². The van der Waals surface area contributed by atoms with Gasteiger partial charge in [0.05, 0.1) is 0 Å². The van der Waals surface area contributed by atoms with Gasteiger partial charge in [-0.3, -0.25) is 4.79 Å². The Labute approximate surface area is 148 Å². The summed E-state index contributed by atoms with van der Waals surface area (Å²) in [4.78, 5) is 25.2. The maximum atomic E-state index is 12.3. The molecule has 1 aromatic heterocycles. The van der Waals surface area contributed by atoms with Crippen LogP contribution in [-0.4, -0.2) is 41.0 Å². The van der Waals surface area contributed by atoms with E-state index in [1.54, 1.807) is 0 Å². The van der Waals surface area contributed by atoms with E-state index in [2.05, 4.69) is 34.3 Å². The van der Waals surface area contributed by atoms with E-state index in [0.29, 0.717) is 19.5 Å². The molecular formula is C19H26N4O2. The second kappa shape index (κ2) is 8.05. The number of piperidine rings is 1. The number of carbonyl (C=O) groups excluding carboxylic acids is 2. The molecule has 0 bridgehead atoms. The lowest BCUT2D eigenvalue weighted by Crippen LogP contribution is -2.46. The number of rotatable bonds is 6. The van der Waals surface area contributed by atoms with E-state index in [0.717, 1.165) is 32.4 Å². The number of likely N-dealkylation sites (tertiary alicyclic amines) is 1. The van der Waals surface area contributed by atoms with Crippen molar-refractivity contribution in [3.63, 3.8) is 0 Å². The van der Waals surface area contributed by atoms with Crippen molar-refractivity contribution in [2.45, 2.75) is 32.2 Å². The number of aromatic nitrogens is 1. The molecule has 3 N–H and O–H groups in total. The lowest BCUT2D eigenvalue weighted by molar-refractivity contribution is -0.119. The second-order valence-electron chi connectivity index (χ2n) is 6.78. The first-order valence-electron chi connectivity index (χ1n) is 8.98. The van der Waals surface area contributed by atoms with Crippen molar-refractivity contribution in [2.75, 3.05) is 19.6 Å². The van der Waals surface area contributed by atoms with Crippen LogP contribution in [0.15, 0.2) is 36.5 Å². The third kappa shape index (κ3) is 4.53. The molecule has 25 heavy (non-hydrogen) atoms. The maximum Gasteiger partial charge on any atom is 0.317 e. The fraction of sp³-hybridized carbons (Fsp3) is 0.474. The van der Waals surface area contributed by atoms with Gasteiger partial charge in [-0.25, -0.2) is 4.79 Å². The number of nitrogens with two attached hydrogens (primary N) is 1. The van der Waals surface area contributed by atoms with Crippen LogP contribution in [-0.2, 0) is 11.3 Å². The summed E-state index contributed by atoms with van der Waals surface area (Å²) in [7, 11) is 0. The van der Waals surface area contributed by atoms with Gasteiger partial charge in [0.25, 0.3) is 0 Å². The van der Waals surface area contributed by atoms with Crippen molar-refractivity contribution in [1.82, 2.24) is 14.8 Å². The Morgan fingerprint density at radius 3 is 2.92 bits per heavy atom. The number of nitrogens with one attached hydrogen (secondary N) is 1. The lowest BCUT2D eigenvalue weighted by Gasteiger charge is -2.32. The fourth-order valence-electron chi connectivity index (χ4n) is 3.59. The number of hydrogen-bond acceptors (Lipinski definition) is 2. The summed E-state index contributed by atoms with van der Waals surface area (Å²) in [6.07, 6.45) is 5.23. The molecule has 1 aliphatic heterocycles. The summed E-state index contributed by atoms with van der Waals surface area (Å²) < 4.78 is 2.21. The highest BCUT2D eigenvalue weighted by atomic mass is 16.2. The predicted octanol–water partition coefficient (Wildman–Crippen LogP) is 2.33. The normalized spacial score (nSPS) is 17.6. The molecule has 2 heterocycles. The molecule has 1 fully saturated rings. The number of fused-ring (bicyclic) bond motifs is 1. The van der Waals surface area contributed by atoms with E-state index in [-0.39, 0.29) is 17.9 Å². The number of aryl methyl sites for hydroxylation is 1. The highest BCUT2D eigenvalue weighted by Gasteiger charge is 2.24. The molecule has 1 saturated heterocycles. The maximum absolute atomic E-state index is 12.3. The molecule has 6 heteroatoms. The number of urea groups is 1. The van der Waals surface area contributed by atoms with Gasteiger partial charge in [-0.2, -0.15) is 0 Å². The van der Waals surface area contributed by atoms with Crippen LogP contribution in [0.25, 0.3) is 10.9 Å². The van der Waals surface area contributed by atoms with Crippen molar-refractivity contribution in [1.29, 1.82) is 0 Å². The van der Waals surface area contributed by atoms with Gasteiger partial charge in [0, 0.05) is 44.3 Å². The smallest absolute Gasteiger partial charge is 0.317 e. The summed E-state index contributed by atoms with van der Waals surface area (Å²) in [6.45, 7) is 2.89. The van der Waals surface area contributed by atoms with Crippen LogP contribution in [0, 0.1) is 5.92 Å². The van der Waals surface area contributed by atoms with Crippen molar-refractivity contribution < 1.29 is 9.59 Å². The Bertz CT molecular complexity index is 740. The minimum Gasteiger partial charge on any atom is -0.370 e. The molecule has 1 aromatic carbocycles. The van der Waals surface area contributed by atoms with Crippen LogP contribution < -0.4 is 11.1 Å². The average Bonchev–Trinajstić information content (AvgIpc) is 3.01. The first kappa shape index (κ1) is 17.3. The van der Waals surface area contributed by atoms with Crippen LogP contribution in [0.3, 0.4) is 0 Å². The van der Waals surface area contributed by atoms with Gasteiger partial charge in [0.1, 0.15) is 0 Å². The van der Waals surface area contributed by atoms with Crippen molar-refractivity contribution in [3.8, 4) is 0 Å². The molecule has 0 radical (unpaired) electrons. The highest BCUT2D eigenvalue weighted by molar-refractivity contribution is 5.80. The SMILES string of the molecule is NC(=O)CC1CCCN(C(=O)NCCCn2ccc3ccccc32)C1. The standard InChI is InChI=1S/C19H26N4O2/c20-18(24)13-15-5-3-10-23(14-15)19(25)21-9-4-11-22-12-8-16-6-1-2-7-17(16)22/h1-2,6-8,12,15H,3-5,9-11,13-14H2,(H2,20,24)(H,21,25). The monoisotopic (exact) mass is 342 g/mol. The quantitative estimate of drug-likeness (QED) is 0.790.